The van der Waals surface area contributed by atoms with Crippen LogP contribution < -0.4 is 9.46 Å². The quantitative estimate of drug-likeness (QED) is 0.491. The lowest BCUT2D eigenvalue weighted by atomic mass is 10.0. The fourth-order valence-corrected chi connectivity index (χ4v) is 5.39. The molecule has 0 fully saturated rings. The smallest absolute Gasteiger partial charge is 0.258 e. The number of carbonyl (C=O) groups excluding carboxylic acids is 1. The molecule has 4 atom stereocenters. The minimum atomic E-state index is -3.55. The van der Waals surface area contributed by atoms with Crippen LogP contribution in [0.15, 0.2) is 42.7 Å². The molecule has 2 N–H and O–H groups in total. The van der Waals surface area contributed by atoms with Crippen molar-refractivity contribution in [3.8, 4) is 5.75 Å². The van der Waals surface area contributed by atoms with Gasteiger partial charge in [-0.3, -0.25) is 19.4 Å². The Bertz CT molecular complexity index is 1200. The monoisotopic (exact) mass is 576 g/mol. The summed E-state index contributed by atoms with van der Waals surface area (Å²) in [4.78, 5) is 22.0. The average Bonchev–Trinajstić information content (AvgIpc) is 2.90. The summed E-state index contributed by atoms with van der Waals surface area (Å²) in [6, 6.07) is 8.24. The van der Waals surface area contributed by atoms with E-state index >= 15 is 0 Å². The largest absolute Gasteiger partial charge is 0.490 e. The van der Waals surface area contributed by atoms with Gasteiger partial charge in [-0.05, 0) is 76.1 Å². The molecule has 1 aromatic carbocycles. The van der Waals surface area contributed by atoms with E-state index in [1.807, 2.05) is 26.1 Å². The van der Waals surface area contributed by atoms with Crippen LogP contribution >= 0.6 is 0 Å². The van der Waals surface area contributed by atoms with Gasteiger partial charge in [0.05, 0.1) is 36.7 Å². The molecule has 0 spiro atoms. The van der Waals surface area contributed by atoms with E-state index in [1.165, 1.54) is 6.07 Å². The summed E-state index contributed by atoms with van der Waals surface area (Å²) in [6.45, 7) is 7.93. The summed E-state index contributed by atoms with van der Waals surface area (Å²) in [5, 5.41) is 10.1. The number of sulfonamides is 1. The molecule has 0 saturated carbocycles. The Morgan fingerprint density at radius 3 is 2.60 bits per heavy atom. The van der Waals surface area contributed by atoms with Crippen LogP contribution in [0.4, 0.5) is 5.69 Å². The maximum Gasteiger partial charge on any atom is 0.258 e. The molecule has 0 unspecified atom stereocenters. The molecule has 40 heavy (non-hydrogen) atoms. The number of fused-ring (bicyclic) bond motifs is 1. The molecule has 222 valence electrons. The topological polar surface area (TPSA) is 121 Å². The van der Waals surface area contributed by atoms with Crippen molar-refractivity contribution in [1.82, 2.24) is 14.8 Å². The molecule has 1 aliphatic heterocycles. The number of ether oxygens (including phenoxy) is 2. The fourth-order valence-electron chi connectivity index (χ4n) is 4.83. The number of anilines is 1. The van der Waals surface area contributed by atoms with Gasteiger partial charge in [0.2, 0.25) is 10.0 Å². The maximum atomic E-state index is 14.0. The molecule has 0 saturated heterocycles. The second-order valence-electron chi connectivity index (χ2n) is 10.9. The highest BCUT2D eigenvalue weighted by atomic mass is 32.2. The van der Waals surface area contributed by atoms with Crippen molar-refractivity contribution < 1.29 is 27.8 Å². The van der Waals surface area contributed by atoms with Crippen LogP contribution in [0, 0.1) is 5.92 Å². The van der Waals surface area contributed by atoms with Crippen molar-refractivity contribution >= 4 is 21.6 Å². The molecular formula is C29H44N4O6S. The first-order valence-corrected chi connectivity index (χ1v) is 15.7. The SMILES string of the molecule is C[C@@H]1CCCCO[C@H](CN(C)Cc2ccncc2)[C@@H](C)CN([C@H](C)CO)C(=O)c2cc(NS(C)(=O)=O)ccc2O1. The van der Waals surface area contributed by atoms with Gasteiger partial charge in [-0.25, -0.2) is 8.42 Å². The van der Waals surface area contributed by atoms with Gasteiger partial charge < -0.3 is 19.5 Å². The number of hydrogen-bond acceptors (Lipinski definition) is 8. The molecule has 1 aromatic heterocycles. The zero-order valence-corrected chi connectivity index (χ0v) is 25.1. The van der Waals surface area contributed by atoms with E-state index in [9.17, 15) is 18.3 Å². The molecule has 0 radical (unpaired) electrons. The van der Waals surface area contributed by atoms with E-state index in [0.29, 0.717) is 25.4 Å². The van der Waals surface area contributed by atoms with Gasteiger partial charge in [0.15, 0.2) is 0 Å². The number of aromatic nitrogens is 1. The maximum absolute atomic E-state index is 14.0. The highest BCUT2D eigenvalue weighted by molar-refractivity contribution is 7.92. The summed E-state index contributed by atoms with van der Waals surface area (Å²) in [5.74, 6) is -0.00334. The number of rotatable bonds is 8. The number of likely N-dealkylation sites (N-methyl/N-ethyl adjacent to an activating group) is 1. The Morgan fingerprint density at radius 1 is 1.20 bits per heavy atom. The predicted octanol–water partition coefficient (Wildman–Crippen LogP) is 3.38. The highest BCUT2D eigenvalue weighted by Crippen LogP contribution is 2.29. The second kappa shape index (κ2) is 14.8. The number of aliphatic hydroxyl groups excluding tert-OH is 1. The Kier molecular flexibility index (Phi) is 11.7. The number of aliphatic hydroxyl groups is 1. The normalized spacial score (nSPS) is 22.2. The molecule has 1 aliphatic rings. The molecule has 1 amide bonds. The van der Waals surface area contributed by atoms with Crippen LogP contribution in [-0.2, 0) is 21.3 Å². The van der Waals surface area contributed by atoms with Crippen LogP contribution in [-0.4, -0.2) is 92.1 Å². The predicted molar refractivity (Wildman–Crippen MR) is 156 cm³/mol. The van der Waals surface area contributed by atoms with Crippen molar-refractivity contribution in [2.24, 2.45) is 5.92 Å². The van der Waals surface area contributed by atoms with Crippen molar-refractivity contribution in [2.45, 2.75) is 64.8 Å². The second-order valence-corrected chi connectivity index (χ2v) is 12.7. The summed E-state index contributed by atoms with van der Waals surface area (Å²) < 4.78 is 38.8. The van der Waals surface area contributed by atoms with Gasteiger partial charge in [-0.1, -0.05) is 6.92 Å². The van der Waals surface area contributed by atoms with Gasteiger partial charge in [-0.2, -0.15) is 0 Å². The summed E-state index contributed by atoms with van der Waals surface area (Å²) in [6.07, 6.45) is 6.87. The lowest BCUT2D eigenvalue weighted by molar-refractivity contribution is -0.0177. The summed E-state index contributed by atoms with van der Waals surface area (Å²) in [5.41, 5.74) is 1.67. The zero-order valence-electron chi connectivity index (χ0n) is 24.2. The Balaban J connectivity index is 1.92. The Labute approximate surface area is 238 Å². The third-order valence-electron chi connectivity index (χ3n) is 7.05. The van der Waals surface area contributed by atoms with Crippen LogP contribution in [0.25, 0.3) is 0 Å². The van der Waals surface area contributed by atoms with Crippen LogP contribution in [0.5, 0.6) is 5.75 Å². The van der Waals surface area contributed by atoms with Crippen LogP contribution in [0.3, 0.4) is 0 Å². The van der Waals surface area contributed by atoms with E-state index in [4.69, 9.17) is 9.47 Å². The lowest BCUT2D eigenvalue weighted by Crippen LogP contribution is -2.47. The van der Waals surface area contributed by atoms with E-state index in [2.05, 4.69) is 21.5 Å². The molecule has 2 heterocycles. The summed E-state index contributed by atoms with van der Waals surface area (Å²) in [7, 11) is -1.50. The molecule has 3 rings (SSSR count). The number of carbonyl (C=O) groups is 1. The molecule has 11 heteroatoms. The molecule has 0 aliphatic carbocycles. The number of amides is 1. The Hall–Kier alpha value is -2.73. The van der Waals surface area contributed by atoms with Gasteiger partial charge in [0.25, 0.3) is 5.91 Å². The standard InChI is InChI=1S/C29H44N4O6S/c1-21-17-33(22(2)20-34)29(35)26-16-25(31-40(5,36)37)9-10-27(26)39-23(3)8-6-7-15-38-28(21)19-32(4)18-24-11-13-30-14-12-24/h9-14,16,21-23,28,31,34H,6-8,15,17-20H2,1-5H3/t21-,22+,23+,28+/m0/s1. The Morgan fingerprint density at radius 2 is 1.93 bits per heavy atom. The fraction of sp³-hybridized carbons (Fsp3) is 0.586. The van der Waals surface area contributed by atoms with Crippen molar-refractivity contribution in [1.29, 1.82) is 0 Å². The third kappa shape index (κ3) is 9.72. The van der Waals surface area contributed by atoms with Crippen LogP contribution in [0.1, 0.15) is 56.0 Å². The van der Waals surface area contributed by atoms with E-state index in [1.54, 1.807) is 36.4 Å². The third-order valence-corrected chi connectivity index (χ3v) is 7.65. The molecule has 0 bridgehead atoms. The van der Waals surface area contributed by atoms with Crippen LogP contribution in [0.2, 0.25) is 0 Å². The first-order chi connectivity index (χ1) is 19.0. The molecule has 2 aromatic rings. The number of nitrogens with zero attached hydrogens (tertiary/aromatic N) is 3. The minimum absolute atomic E-state index is 0.0543. The summed E-state index contributed by atoms with van der Waals surface area (Å²) >= 11 is 0. The van der Waals surface area contributed by atoms with Crippen molar-refractivity contribution in [2.75, 3.05) is 44.3 Å². The average molecular weight is 577 g/mol. The first kappa shape index (κ1) is 31.8. The van der Waals surface area contributed by atoms with E-state index in [-0.39, 0.29) is 41.9 Å². The molecular weight excluding hydrogens is 532 g/mol. The van der Waals surface area contributed by atoms with Crippen molar-refractivity contribution in [3.05, 3.63) is 53.9 Å². The lowest BCUT2D eigenvalue weighted by Gasteiger charge is -2.36. The number of nitrogens with one attached hydrogen (secondary N) is 1. The van der Waals surface area contributed by atoms with E-state index < -0.39 is 16.1 Å². The van der Waals surface area contributed by atoms with Gasteiger partial charge in [-0.15, -0.1) is 0 Å². The zero-order chi connectivity index (χ0) is 29.3. The van der Waals surface area contributed by atoms with Gasteiger partial charge in [0.1, 0.15) is 5.75 Å². The minimum Gasteiger partial charge on any atom is -0.490 e. The first-order valence-electron chi connectivity index (χ1n) is 13.9. The molecule has 10 nitrogen and oxygen atoms in total. The highest BCUT2D eigenvalue weighted by Gasteiger charge is 2.30. The number of pyridine rings is 1. The van der Waals surface area contributed by atoms with Crippen molar-refractivity contribution in [3.63, 3.8) is 0 Å². The van der Waals surface area contributed by atoms with Gasteiger partial charge >= 0.3 is 0 Å². The number of benzene rings is 1. The number of hydrogen-bond donors (Lipinski definition) is 2. The van der Waals surface area contributed by atoms with Gasteiger partial charge in [0, 0.05) is 50.2 Å². The van der Waals surface area contributed by atoms with E-state index in [0.717, 1.165) is 37.6 Å².